The molecule has 1 fully saturated rings. The van der Waals surface area contributed by atoms with Crippen molar-refractivity contribution >= 4 is 28.4 Å². The van der Waals surface area contributed by atoms with Gasteiger partial charge in [0.1, 0.15) is 5.82 Å². The van der Waals surface area contributed by atoms with Crippen LogP contribution >= 0.6 is 0 Å². The Morgan fingerprint density at radius 2 is 1.97 bits per heavy atom. The highest BCUT2D eigenvalue weighted by Crippen LogP contribution is 2.32. The monoisotopic (exact) mass is 442 g/mol. The summed E-state index contributed by atoms with van der Waals surface area (Å²) in [4.78, 5) is 12.0. The third-order valence-corrected chi connectivity index (χ3v) is 7.23. The number of hydrogen-bond donors (Lipinski definition) is 0. The minimum absolute atomic E-state index is 0.879. The fourth-order valence-corrected chi connectivity index (χ4v) is 5.26. The first-order valence-corrected chi connectivity index (χ1v) is 12.5. The molecule has 0 unspecified atom stereocenters. The van der Waals surface area contributed by atoms with Crippen molar-refractivity contribution in [3.05, 3.63) is 65.2 Å². The number of pyridine rings is 1. The molecule has 0 bridgehead atoms. The topological polar surface area (TPSA) is 34.0 Å². The predicted molar refractivity (Wildman–Crippen MR) is 141 cm³/mol. The fourth-order valence-electron chi connectivity index (χ4n) is 5.26. The van der Waals surface area contributed by atoms with Crippen LogP contribution in [0.2, 0.25) is 0 Å². The minimum Gasteiger partial charge on any atom is -0.372 e. The molecule has 4 rings (SSSR count). The van der Waals surface area contributed by atoms with Gasteiger partial charge in [-0.15, -0.1) is 0 Å². The van der Waals surface area contributed by atoms with E-state index < -0.39 is 0 Å². The standard InChI is InChI=1S/C29H38N4/c1-7-10-23-12-15-33(16-13-23)22(5)26-18-24(8-2)28-27(19-26)31-29(32(28)6)20(3)17-25-11-9-14-30-21(25)4/h9,11,14,17-19,23H,5,7-8,10,12-13,15-16H2,1-4,6H3/b20-17+. The zero-order valence-corrected chi connectivity index (χ0v) is 21.0. The highest BCUT2D eigenvalue weighted by Gasteiger charge is 2.21. The first-order chi connectivity index (χ1) is 15.9. The van der Waals surface area contributed by atoms with E-state index in [9.17, 15) is 0 Å². The van der Waals surface area contributed by atoms with Crippen LogP contribution in [0, 0.1) is 12.8 Å². The Kier molecular flexibility index (Phi) is 7.02. The molecular weight excluding hydrogens is 404 g/mol. The van der Waals surface area contributed by atoms with Crippen LogP contribution in [0.25, 0.3) is 28.4 Å². The van der Waals surface area contributed by atoms with Crippen LogP contribution in [0.4, 0.5) is 0 Å². The average molecular weight is 443 g/mol. The zero-order valence-electron chi connectivity index (χ0n) is 21.0. The molecule has 3 heterocycles. The molecule has 0 atom stereocenters. The molecule has 0 aliphatic carbocycles. The summed E-state index contributed by atoms with van der Waals surface area (Å²) in [5.41, 5.74) is 9.28. The number of piperidine rings is 1. The summed E-state index contributed by atoms with van der Waals surface area (Å²) in [7, 11) is 2.13. The molecule has 2 aromatic heterocycles. The molecule has 0 saturated carbocycles. The smallest absolute Gasteiger partial charge is 0.136 e. The van der Waals surface area contributed by atoms with Crippen molar-refractivity contribution in [3.63, 3.8) is 0 Å². The van der Waals surface area contributed by atoms with Crippen LogP contribution in [-0.2, 0) is 13.5 Å². The van der Waals surface area contributed by atoms with E-state index in [1.165, 1.54) is 42.3 Å². The van der Waals surface area contributed by atoms with Crippen molar-refractivity contribution in [1.29, 1.82) is 0 Å². The number of rotatable bonds is 7. The maximum atomic E-state index is 5.09. The van der Waals surface area contributed by atoms with Crippen molar-refractivity contribution in [1.82, 2.24) is 19.4 Å². The number of nitrogens with zero attached hydrogens (tertiary/aromatic N) is 4. The Balaban J connectivity index is 1.67. The molecule has 4 heteroatoms. The summed E-state index contributed by atoms with van der Waals surface area (Å²) in [5, 5.41) is 0. The molecule has 0 spiro atoms. The van der Waals surface area contributed by atoms with E-state index in [2.05, 4.69) is 73.1 Å². The van der Waals surface area contributed by atoms with E-state index >= 15 is 0 Å². The summed E-state index contributed by atoms with van der Waals surface area (Å²) in [6.45, 7) is 15.4. The summed E-state index contributed by atoms with van der Waals surface area (Å²) in [5.74, 6) is 1.88. The number of likely N-dealkylation sites (tertiary alicyclic amines) is 1. The summed E-state index contributed by atoms with van der Waals surface area (Å²) in [6, 6.07) is 8.66. The van der Waals surface area contributed by atoms with Gasteiger partial charge in [0, 0.05) is 37.7 Å². The third-order valence-electron chi connectivity index (χ3n) is 7.23. The van der Waals surface area contributed by atoms with Gasteiger partial charge < -0.3 is 9.47 Å². The van der Waals surface area contributed by atoms with Gasteiger partial charge in [0.15, 0.2) is 0 Å². The lowest BCUT2D eigenvalue weighted by atomic mass is 9.91. The van der Waals surface area contributed by atoms with E-state index in [-0.39, 0.29) is 0 Å². The third kappa shape index (κ3) is 4.75. The maximum absolute atomic E-state index is 5.09. The summed E-state index contributed by atoms with van der Waals surface area (Å²) >= 11 is 0. The molecule has 3 aromatic rings. The van der Waals surface area contributed by atoms with Gasteiger partial charge in [0.25, 0.3) is 0 Å². The van der Waals surface area contributed by atoms with Gasteiger partial charge in [-0.05, 0) is 85.6 Å². The molecule has 0 amide bonds. The van der Waals surface area contributed by atoms with Crippen LogP contribution in [0.15, 0.2) is 37.0 Å². The van der Waals surface area contributed by atoms with Crippen LogP contribution in [0.3, 0.4) is 0 Å². The molecule has 174 valence electrons. The number of hydrogen-bond acceptors (Lipinski definition) is 3. The maximum Gasteiger partial charge on any atom is 0.136 e. The first-order valence-electron chi connectivity index (χ1n) is 12.5. The molecular formula is C29H38N4. The van der Waals surface area contributed by atoms with Crippen LogP contribution in [0.5, 0.6) is 0 Å². The number of allylic oxidation sites excluding steroid dienone is 1. The van der Waals surface area contributed by atoms with Gasteiger partial charge in [-0.2, -0.15) is 0 Å². The second kappa shape index (κ2) is 9.94. The molecule has 1 aromatic carbocycles. The second-order valence-corrected chi connectivity index (χ2v) is 9.52. The van der Waals surface area contributed by atoms with Crippen LogP contribution in [0.1, 0.15) is 74.7 Å². The highest BCUT2D eigenvalue weighted by molar-refractivity contribution is 5.88. The van der Waals surface area contributed by atoms with Crippen molar-refractivity contribution in [2.45, 2.75) is 59.8 Å². The van der Waals surface area contributed by atoms with E-state index in [1.54, 1.807) is 0 Å². The van der Waals surface area contributed by atoms with Crippen molar-refractivity contribution in [3.8, 4) is 0 Å². The Bertz CT molecular complexity index is 1180. The molecule has 0 radical (unpaired) electrons. The number of aryl methyl sites for hydroxylation is 3. The Labute approximate surface area is 199 Å². The van der Waals surface area contributed by atoms with E-state index in [0.29, 0.717) is 0 Å². The fraction of sp³-hybridized carbons (Fsp3) is 0.448. The van der Waals surface area contributed by atoms with Gasteiger partial charge in [0.2, 0.25) is 0 Å². The number of aromatic nitrogens is 3. The number of benzene rings is 1. The molecule has 33 heavy (non-hydrogen) atoms. The van der Waals surface area contributed by atoms with Crippen LogP contribution < -0.4 is 0 Å². The highest BCUT2D eigenvalue weighted by atomic mass is 15.1. The number of imidazole rings is 1. The van der Waals surface area contributed by atoms with Gasteiger partial charge in [-0.1, -0.05) is 39.3 Å². The normalized spacial score (nSPS) is 15.4. The lowest BCUT2D eigenvalue weighted by Crippen LogP contribution is -2.32. The first kappa shape index (κ1) is 23.3. The van der Waals surface area contributed by atoms with Crippen molar-refractivity contribution < 1.29 is 0 Å². The minimum atomic E-state index is 0.879. The Morgan fingerprint density at radius 1 is 1.21 bits per heavy atom. The van der Waals surface area contributed by atoms with Gasteiger partial charge in [-0.25, -0.2) is 4.98 Å². The number of fused-ring (bicyclic) bond motifs is 1. The van der Waals surface area contributed by atoms with Gasteiger partial charge >= 0.3 is 0 Å². The molecule has 0 N–H and O–H groups in total. The van der Waals surface area contributed by atoms with E-state index in [1.807, 2.05) is 19.2 Å². The van der Waals surface area contributed by atoms with E-state index in [4.69, 9.17) is 4.98 Å². The predicted octanol–water partition coefficient (Wildman–Crippen LogP) is 6.88. The van der Waals surface area contributed by atoms with Gasteiger partial charge in [-0.3, -0.25) is 4.98 Å². The largest absolute Gasteiger partial charge is 0.372 e. The Hall–Kier alpha value is -2.88. The second-order valence-electron chi connectivity index (χ2n) is 9.52. The summed E-state index contributed by atoms with van der Waals surface area (Å²) in [6.07, 6.45) is 10.2. The summed E-state index contributed by atoms with van der Waals surface area (Å²) < 4.78 is 2.24. The Morgan fingerprint density at radius 3 is 2.64 bits per heavy atom. The molecule has 1 aliphatic rings. The van der Waals surface area contributed by atoms with Crippen molar-refractivity contribution in [2.24, 2.45) is 13.0 Å². The zero-order chi connectivity index (χ0) is 23.5. The quantitative estimate of drug-likeness (QED) is 0.400. The lowest BCUT2D eigenvalue weighted by Gasteiger charge is -2.35. The molecule has 1 saturated heterocycles. The molecule has 1 aliphatic heterocycles. The van der Waals surface area contributed by atoms with Crippen LogP contribution in [-0.4, -0.2) is 32.5 Å². The average Bonchev–Trinajstić information content (AvgIpc) is 3.17. The van der Waals surface area contributed by atoms with Gasteiger partial charge in [0.05, 0.1) is 11.0 Å². The SMILES string of the molecule is C=C(c1cc(CC)c2c(c1)nc(/C(C)=C/c1cccnc1C)n2C)N1CCC(CCC)CC1. The lowest BCUT2D eigenvalue weighted by molar-refractivity contribution is 0.245. The molecule has 4 nitrogen and oxygen atoms in total. The van der Waals surface area contributed by atoms with E-state index in [0.717, 1.165) is 59.3 Å². The van der Waals surface area contributed by atoms with Crippen molar-refractivity contribution in [2.75, 3.05) is 13.1 Å².